The Kier molecular flexibility index (Phi) is 13.4. The minimum absolute atomic E-state index is 0.241. The predicted octanol–water partition coefficient (Wildman–Crippen LogP) is 4.99. The highest BCUT2D eigenvalue weighted by Gasteiger charge is 2.20. The van der Waals surface area contributed by atoms with Crippen LogP contribution in [0.15, 0.2) is 52.3 Å². The maximum atomic E-state index is 11.2. The Labute approximate surface area is 269 Å². The molecule has 12 heteroatoms. The van der Waals surface area contributed by atoms with E-state index in [1.165, 1.54) is 0 Å². The molecule has 3 heterocycles. The molecule has 1 unspecified atom stereocenters. The summed E-state index contributed by atoms with van der Waals surface area (Å²) in [4.78, 5) is 29.6. The molecule has 1 saturated heterocycles. The first-order valence-corrected chi connectivity index (χ1v) is 15.9. The largest absolute Gasteiger partial charge is 0.481 e. The maximum absolute atomic E-state index is 11.2. The molecule has 238 valence electrons. The van der Waals surface area contributed by atoms with E-state index in [4.69, 9.17) is 32.9 Å². The normalized spacial score (nSPS) is 20.8. The van der Waals surface area contributed by atoms with Crippen LogP contribution in [0.4, 0.5) is 0 Å². The Morgan fingerprint density at radius 2 is 1.86 bits per heavy atom. The number of pyridine rings is 1. The number of aliphatic hydroxyl groups excluding tert-OH is 1. The molecule has 1 aromatic heterocycles. The fourth-order valence-electron chi connectivity index (χ4n) is 5.27. The molecule has 44 heavy (non-hydrogen) atoms. The number of likely N-dealkylation sites (tertiary alicyclic amines) is 1. The molecule has 3 N–H and O–H groups in total. The van der Waals surface area contributed by atoms with Crippen molar-refractivity contribution >= 4 is 41.7 Å². The third-order valence-corrected chi connectivity index (χ3v) is 8.33. The van der Waals surface area contributed by atoms with Crippen LogP contribution in [0.2, 0.25) is 10.0 Å². The van der Waals surface area contributed by atoms with E-state index in [1.54, 1.807) is 31.7 Å². The lowest BCUT2D eigenvalue weighted by Crippen LogP contribution is -2.35. The van der Waals surface area contributed by atoms with E-state index in [0.717, 1.165) is 56.6 Å². The molecule has 0 saturated carbocycles. The number of aliphatic hydroxyl groups is 1. The molecular weight excluding hydrogens is 603 g/mol. The summed E-state index contributed by atoms with van der Waals surface area (Å²) in [5.41, 5.74) is 2.53. The van der Waals surface area contributed by atoms with E-state index in [-0.39, 0.29) is 6.61 Å². The molecule has 4 rings (SSSR count). The quantitative estimate of drug-likeness (QED) is 0.313. The molecule has 2 aliphatic heterocycles. The van der Waals surface area contributed by atoms with Crippen molar-refractivity contribution in [1.29, 1.82) is 0 Å². The zero-order valence-electron chi connectivity index (χ0n) is 25.2. The molecule has 0 spiro atoms. The second-order valence-electron chi connectivity index (χ2n) is 11.4. The number of aromatic nitrogens is 1. The van der Waals surface area contributed by atoms with Gasteiger partial charge in [0.25, 0.3) is 0 Å². The number of rotatable bonds is 11. The van der Waals surface area contributed by atoms with Gasteiger partial charge in [0.05, 0.1) is 36.9 Å². The number of hydrogen-bond donors (Lipinski definition) is 3. The molecule has 0 amide bonds. The zero-order valence-corrected chi connectivity index (χ0v) is 26.7. The molecule has 2 aromatic rings. The van der Waals surface area contributed by atoms with E-state index in [1.807, 2.05) is 24.3 Å². The van der Waals surface area contributed by atoms with Gasteiger partial charge in [-0.2, -0.15) is 0 Å². The van der Waals surface area contributed by atoms with Crippen molar-refractivity contribution in [3.63, 3.8) is 0 Å². The zero-order chi connectivity index (χ0) is 31.3. The molecule has 1 aromatic carbocycles. The van der Waals surface area contributed by atoms with Gasteiger partial charge in [-0.15, -0.1) is 0 Å². The number of nitrogens with zero attached hydrogens (tertiary/aromatic N) is 5. The van der Waals surface area contributed by atoms with Gasteiger partial charge in [0, 0.05) is 54.5 Å². The monoisotopic (exact) mass is 644 g/mol. The maximum Gasteiger partial charge on any atom is 0.306 e. The fraction of sp³-hybridized carbons (Fsp3) is 0.500. The van der Waals surface area contributed by atoms with Crippen LogP contribution in [0.1, 0.15) is 38.2 Å². The van der Waals surface area contributed by atoms with Gasteiger partial charge in [-0.05, 0) is 81.1 Å². The Hall–Kier alpha value is -3.02. The summed E-state index contributed by atoms with van der Waals surface area (Å²) in [5, 5.41) is 22.8. The highest BCUT2D eigenvalue weighted by Crippen LogP contribution is 2.30. The summed E-state index contributed by atoms with van der Waals surface area (Å²) in [6, 6.07) is 9.34. The van der Waals surface area contributed by atoms with E-state index in [0.29, 0.717) is 65.9 Å². The number of halogens is 2. The summed E-state index contributed by atoms with van der Waals surface area (Å²) in [6.45, 7) is 7.95. The third kappa shape index (κ3) is 11.2. The van der Waals surface area contributed by atoms with Crippen molar-refractivity contribution in [2.24, 2.45) is 21.8 Å². The van der Waals surface area contributed by atoms with Gasteiger partial charge in [0.2, 0.25) is 5.88 Å². The average molecular weight is 646 g/mol. The number of nitrogens with one attached hydrogen (secondary N) is 1. The van der Waals surface area contributed by atoms with Gasteiger partial charge in [0.15, 0.2) is 5.76 Å². The van der Waals surface area contributed by atoms with E-state index < -0.39 is 11.9 Å². The Morgan fingerprint density at radius 3 is 2.59 bits per heavy atom. The number of benzene rings is 1. The molecule has 1 fully saturated rings. The summed E-state index contributed by atoms with van der Waals surface area (Å²) < 4.78 is 6.26. The smallest absolute Gasteiger partial charge is 0.306 e. The van der Waals surface area contributed by atoms with Gasteiger partial charge >= 0.3 is 5.97 Å². The highest BCUT2D eigenvalue weighted by atomic mass is 35.5. The topological polar surface area (TPSA) is 123 Å². The first-order chi connectivity index (χ1) is 21.3. The molecule has 0 radical (unpaired) electrons. The van der Waals surface area contributed by atoms with Crippen LogP contribution in [0.25, 0.3) is 11.3 Å². The number of carboxylic acids is 1. The minimum atomic E-state index is -0.781. The highest BCUT2D eigenvalue weighted by molar-refractivity contribution is 6.35. The van der Waals surface area contributed by atoms with E-state index in [9.17, 15) is 15.0 Å². The van der Waals surface area contributed by atoms with E-state index in [2.05, 4.69) is 25.1 Å². The SMILES string of the molecule is CC(CCN1CC\N=C/C(Oc2cc(CN3CCC(CCO)CC3)cc(-c3cc(Cl)cc(Cl)c3)n2)=C\N=C\NCC1)C(=O)O. The van der Waals surface area contributed by atoms with Crippen molar-refractivity contribution in [3.8, 4) is 17.1 Å². The summed E-state index contributed by atoms with van der Waals surface area (Å²) in [5.74, 6) is 0.225. The minimum Gasteiger partial charge on any atom is -0.481 e. The van der Waals surface area contributed by atoms with Crippen LogP contribution >= 0.6 is 23.2 Å². The third-order valence-electron chi connectivity index (χ3n) is 7.90. The second-order valence-corrected chi connectivity index (χ2v) is 12.2. The van der Waals surface area contributed by atoms with Crippen molar-refractivity contribution in [2.75, 3.05) is 52.4 Å². The predicted molar refractivity (Wildman–Crippen MR) is 176 cm³/mol. The van der Waals surface area contributed by atoms with Crippen molar-refractivity contribution in [1.82, 2.24) is 20.1 Å². The van der Waals surface area contributed by atoms with Gasteiger partial charge in [-0.1, -0.05) is 30.1 Å². The van der Waals surface area contributed by atoms with Crippen LogP contribution in [-0.4, -0.2) is 95.9 Å². The lowest BCUT2D eigenvalue weighted by molar-refractivity contribution is -0.141. The first-order valence-electron chi connectivity index (χ1n) is 15.2. The average Bonchev–Trinajstić information content (AvgIpc) is 2.98. The molecule has 0 aliphatic carbocycles. The summed E-state index contributed by atoms with van der Waals surface area (Å²) >= 11 is 12.7. The number of aliphatic carboxylic acids is 1. The van der Waals surface area contributed by atoms with E-state index >= 15 is 0 Å². The number of piperidine rings is 1. The molecular formula is C32H42Cl2N6O4. The second kappa shape index (κ2) is 17.5. The van der Waals surface area contributed by atoms with Crippen LogP contribution in [0.3, 0.4) is 0 Å². The van der Waals surface area contributed by atoms with Crippen LogP contribution in [-0.2, 0) is 11.3 Å². The number of carbonyl (C=O) groups is 1. The fourth-order valence-corrected chi connectivity index (χ4v) is 5.80. The molecule has 0 bridgehead atoms. The van der Waals surface area contributed by atoms with Gasteiger partial charge in [-0.3, -0.25) is 19.6 Å². The number of carboxylic acid groups (broad SMARTS) is 1. The lowest BCUT2D eigenvalue weighted by atomic mass is 9.93. The summed E-state index contributed by atoms with van der Waals surface area (Å²) in [7, 11) is 0. The Morgan fingerprint density at radius 1 is 1.09 bits per heavy atom. The standard InChI is InChI=1S/C32H42Cl2N6O4/c1-23(32(42)43)2-8-39-11-6-35-19-29(20-37-22-36-7-12-39)44-31-15-25(21-40-9-3-24(4-10-40)5-13-41)14-30(38-31)26-16-27(33)18-28(34)17-26/h14-20,22-24,41H,2-13,21H2,1H3,(H,36,37)(H,42,43)/b29-20+,35-19-. The number of aliphatic imine (C=N–C) groups is 2. The number of ether oxygens (including phenoxy) is 1. The lowest BCUT2D eigenvalue weighted by Gasteiger charge is -2.31. The van der Waals surface area contributed by atoms with Gasteiger partial charge in [-0.25, -0.2) is 9.98 Å². The molecule has 1 atom stereocenters. The first kappa shape index (κ1) is 33.9. The summed E-state index contributed by atoms with van der Waals surface area (Å²) in [6.07, 6.45) is 8.42. The number of allylic oxidation sites excluding steroid dienone is 1. The van der Waals surface area contributed by atoms with Crippen LogP contribution < -0.4 is 10.1 Å². The van der Waals surface area contributed by atoms with Crippen molar-refractivity contribution in [3.05, 3.63) is 57.9 Å². The van der Waals surface area contributed by atoms with Crippen molar-refractivity contribution in [2.45, 2.75) is 39.2 Å². The van der Waals surface area contributed by atoms with Crippen LogP contribution in [0, 0.1) is 11.8 Å². The molecule has 10 nitrogen and oxygen atoms in total. The van der Waals surface area contributed by atoms with Crippen LogP contribution in [0.5, 0.6) is 5.88 Å². The van der Waals surface area contributed by atoms with Crippen molar-refractivity contribution < 1.29 is 19.7 Å². The van der Waals surface area contributed by atoms with Gasteiger partial charge < -0.3 is 20.3 Å². The number of hydrogen-bond acceptors (Lipinski definition) is 9. The molecule has 2 aliphatic rings. The Bertz CT molecular complexity index is 1310. The Balaban J connectivity index is 1.52. The van der Waals surface area contributed by atoms with Gasteiger partial charge in [0.1, 0.15) is 0 Å².